The summed E-state index contributed by atoms with van der Waals surface area (Å²) < 4.78 is 5.33. The van der Waals surface area contributed by atoms with Gasteiger partial charge in [0.2, 0.25) is 5.91 Å². The fourth-order valence-corrected chi connectivity index (χ4v) is 4.00. The Kier molecular flexibility index (Phi) is 6.39. The number of likely N-dealkylation sites (tertiary alicyclic amines) is 1. The SMILES string of the molecule is CCN(CC)C(=O)C1CCCN(C(=O)c2c(-c3ccccc3Cl)noc2C)C1. The predicted octanol–water partition coefficient (Wildman–Crippen LogP) is 4.02. The van der Waals surface area contributed by atoms with Crippen LogP contribution >= 0.6 is 11.6 Å². The van der Waals surface area contributed by atoms with Crippen LogP contribution in [-0.2, 0) is 4.79 Å². The van der Waals surface area contributed by atoms with Gasteiger partial charge in [0.25, 0.3) is 5.91 Å². The molecule has 6 nitrogen and oxygen atoms in total. The zero-order valence-corrected chi connectivity index (χ0v) is 17.3. The van der Waals surface area contributed by atoms with Gasteiger partial charge in [-0.05, 0) is 39.7 Å². The lowest BCUT2D eigenvalue weighted by atomic mass is 9.95. The van der Waals surface area contributed by atoms with Crippen molar-refractivity contribution in [1.82, 2.24) is 15.0 Å². The Balaban J connectivity index is 1.86. The van der Waals surface area contributed by atoms with E-state index in [-0.39, 0.29) is 17.7 Å². The number of rotatable bonds is 5. The smallest absolute Gasteiger partial charge is 0.259 e. The molecular weight excluding hydrogens is 378 g/mol. The zero-order valence-electron chi connectivity index (χ0n) is 16.6. The highest BCUT2D eigenvalue weighted by molar-refractivity contribution is 6.33. The number of carbonyl (C=O) groups excluding carboxylic acids is 2. The first-order chi connectivity index (χ1) is 13.5. The Bertz CT molecular complexity index is 860. The lowest BCUT2D eigenvalue weighted by Crippen LogP contribution is -2.46. The van der Waals surface area contributed by atoms with E-state index in [4.69, 9.17) is 16.1 Å². The van der Waals surface area contributed by atoms with Crippen molar-refractivity contribution in [1.29, 1.82) is 0 Å². The Morgan fingerprint density at radius 2 is 2.00 bits per heavy atom. The van der Waals surface area contributed by atoms with Crippen molar-refractivity contribution in [2.24, 2.45) is 5.92 Å². The third-order valence-corrected chi connectivity index (χ3v) is 5.67. The first kappa shape index (κ1) is 20.4. The van der Waals surface area contributed by atoms with E-state index in [1.54, 1.807) is 17.9 Å². The monoisotopic (exact) mass is 403 g/mol. The Hall–Kier alpha value is -2.34. The van der Waals surface area contributed by atoms with Crippen LogP contribution in [0.3, 0.4) is 0 Å². The number of carbonyl (C=O) groups is 2. The van der Waals surface area contributed by atoms with Gasteiger partial charge in [0.1, 0.15) is 17.0 Å². The molecule has 0 N–H and O–H groups in total. The van der Waals surface area contributed by atoms with Crippen molar-refractivity contribution >= 4 is 23.4 Å². The lowest BCUT2D eigenvalue weighted by molar-refractivity contribution is -0.136. The molecule has 1 saturated heterocycles. The largest absolute Gasteiger partial charge is 0.360 e. The van der Waals surface area contributed by atoms with E-state index in [1.807, 2.05) is 36.9 Å². The van der Waals surface area contributed by atoms with E-state index in [2.05, 4.69) is 5.16 Å². The minimum absolute atomic E-state index is 0.121. The van der Waals surface area contributed by atoms with Crippen molar-refractivity contribution in [2.75, 3.05) is 26.2 Å². The number of hydrogen-bond acceptors (Lipinski definition) is 4. The molecule has 1 unspecified atom stereocenters. The maximum Gasteiger partial charge on any atom is 0.259 e. The molecule has 1 aliphatic rings. The van der Waals surface area contributed by atoms with Crippen LogP contribution < -0.4 is 0 Å². The first-order valence-electron chi connectivity index (χ1n) is 9.77. The average molecular weight is 404 g/mol. The van der Waals surface area contributed by atoms with E-state index >= 15 is 0 Å². The highest BCUT2D eigenvalue weighted by Gasteiger charge is 2.33. The summed E-state index contributed by atoms with van der Waals surface area (Å²) in [5.74, 6) is 0.250. The quantitative estimate of drug-likeness (QED) is 0.756. The van der Waals surface area contributed by atoms with Gasteiger partial charge < -0.3 is 14.3 Å². The molecule has 3 rings (SSSR count). The Labute approximate surface area is 170 Å². The third-order valence-electron chi connectivity index (χ3n) is 5.34. The van der Waals surface area contributed by atoms with Crippen LogP contribution in [-0.4, -0.2) is 52.9 Å². The standard InChI is InChI=1S/C21H26ClN3O3/c1-4-24(5-2)20(26)15-9-8-12-25(13-15)21(27)18-14(3)28-23-19(18)16-10-6-7-11-17(16)22/h6-7,10-11,15H,4-5,8-9,12-13H2,1-3H3. The molecule has 28 heavy (non-hydrogen) atoms. The highest BCUT2D eigenvalue weighted by atomic mass is 35.5. The van der Waals surface area contributed by atoms with Crippen LogP contribution in [0, 0.1) is 12.8 Å². The average Bonchev–Trinajstić information content (AvgIpc) is 3.10. The molecule has 1 aromatic carbocycles. The van der Waals surface area contributed by atoms with Crippen molar-refractivity contribution in [3.8, 4) is 11.3 Å². The topological polar surface area (TPSA) is 66.7 Å². The normalized spacial score (nSPS) is 16.9. The van der Waals surface area contributed by atoms with Crippen LogP contribution in [0.4, 0.5) is 0 Å². The van der Waals surface area contributed by atoms with Crippen LogP contribution in [0.5, 0.6) is 0 Å². The number of aryl methyl sites for hydroxylation is 1. The van der Waals surface area contributed by atoms with Gasteiger partial charge in [0, 0.05) is 31.7 Å². The van der Waals surface area contributed by atoms with Gasteiger partial charge in [-0.25, -0.2) is 0 Å². The summed E-state index contributed by atoms with van der Waals surface area (Å²) in [4.78, 5) is 29.7. The summed E-state index contributed by atoms with van der Waals surface area (Å²) in [5.41, 5.74) is 1.53. The maximum absolute atomic E-state index is 13.3. The van der Waals surface area contributed by atoms with Gasteiger partial charge in [-0.15, -0.1) is 0 Å². The molecule has 0 saturated carbocycles. The van der Waals surface area contributed by atoms with E-state index in [0.29, 0.717) is 53.8 Å². The second kappa shape index (κ2) is 8.78. The molecule has 2 aromatic rings. The molecule has 0 bridgehead atoms. The highest BCUT2D eigenvalue weighted by Crippen LogP contribution is 2.32. The summed E-state index contributed by atoms with van der Waals surface area (Å²) in [5, 5.41) is 4.60. The number of nitrogens with zero attached hydrogens (tertiary/aromatic N) is 3. The molecule has 0 radical (unpaired) electrons. The lowest BCUT2D eigenvalue weighted by Gasteiger charge is -2.34. The Morgan fingerprint density at radius 3 is 2.68 bits per heavy atom. The minimum Gasteiger partial charge on any atom is -0.360 e. The van der Waals surface area contributed by atoms with Crippen molar-refractivity contribution in [2.45, 2.75) is 33.6 Å². The van der Waals surface area contributed by atoms with Crippen LogP contribution in [0.15, 0.2) is 28.8 Å². The molecule has 1 fully saturated rings. The molecule has 1 atom stereocenters. The third kappa shape index (κ3) is 3.92. The number of amides is 2. The fraction of sp³-hybridized carbons (Fsp3) is 0.476. The Morgan fingerprint density at radius 1 is 1.29 bits per heavy atom. The number of aromatic nitrogens is 1. The summed E-state index contributed by atoms with van der Waals surface area (Å²) in [6, 6.07) is 7.25. The molecule has 0 aliphatic carbocycles. The van der Waals surface area contributed by atoms with Crippen molar-refractivity contribution < 1.29 is 14.1 Å². The number of halogens is 1. The second-order valence-corrected chi connectivity index (χ2v) is 7.45. The van der Waals surface area contributed by atoms with Gasteiger partial charge >= 0.3 is 0 Å². The predicted molar refractivity (Wildman–Crippen MR) is 108 cm³/mol. The minimum atomic E-state index is -0.165. The zero-order chi connectivity index (χ0) is 20.3. The molecule has 0 spiro atoms. The fourth-order valence-electron chi connectivity index (χ4n) is 3.78. The summed E-state index contributed by atoms with van der Waals surface area (Å²) in [6.07, 6.45) is 1.61. The van der Waals surface area contributed by atoms with Crippen LogP contribution in [0.2, 0.25) is 5.02 Å². The summed E-state index contributed by atoms with van der Waals surface area (Å²) >= 11 is 6.31. The first-order valence-corrected chi connectivity index (χ1v) is 10.1. The van der Waals surface area contributed by atoms with Crippen LogP contribution in [0.1, 0.15) is 42.8 Å². The van der Waals surface area contributed by atoms with E-state index in [1.165, 1.54) is 0 Å². The molecular formula is C21H26ClN3O3. The summed E-state index contributed by atoms with van der Waals surface area (Å²) in [7, 11) is 0. The number of piperidine rings is 1. The molecule has 1 aliphatic heterocycles. The second-order valence-electron chi connectivity index (χ2n) is 7.04. The molecule has 7 heteroatoms. The molecule has 2 heterocycles. The number of benzene rings is 1. The van der Waals surface area contributed by atoms with Gasteiger partial charge in [-0.2, -0.15) is 0 Å². The van der Waals surface area contributed by atoms with E-state index in [0.717, 1.165) is 12.8 Å². The summed E-state index contributed by atoms with van der Waals surface area (Å²) in [6.45, 7) is 8.08. The molecule has 2 amide bonds. The van der Waals surface area contributed by atoms with Gasteiger partial charge in [-0.1, -0.05) is 35.0 Å². The molecule has 1 aromatic heterocycles. The maximum atomic E-state index is 13.3. The van der Waals surface area contributed by atoms with Crippen molar-refractivity contribution in [3.63, 3.8) is 0 Å². The van der Waals surface area contributed by atoms with Gasteiger partial charge in [0.05, 0.1) is 10.9 Å². The van der Waals surface area contributed by atoms with E-state index < -0.39 is 0 Å². The van der Waals surface area contributed by atoms with E-state index in [9.17, 15) is 9.59 Å². The van der Waals surface area contributed by atoms with Gasteiger partial charge in [0.15, 0.2) is 0 Å². The molecule has 150 valence electrons. The number of hydrogen-bond donors (Lipinski definition) is 0. The van der Waals surface area contributed by atoms with Crippen molar-refractivity contribution in [3.05, 3.63) is 40.6 Å². The van der Waals surface area contributed by atoms with Crippen LogP contribution in [0.25, 0.3) is 11.3 Å². The van der Waals surface area contributed by atoms with Gasteiger partial charge in [-0.3, -0.25) is 9.59 Å².